The Balaban J connectivity index is 0.000000299. The number of fused-ring (bicyclic) bond motifs is 3. The highest BCUT2D eigenvalue weighted by molar-refractivity contribution is 5.89. The second-order valence-corrected chi connectivity index (χ2v) is 8.45. The van der Waals surface area contributed by atoms with E-state index in [1.165, 1.54) is 19.4 Å². The van der Waals surface area contributed by atoms with Crippen LogP contribution >= 0.6 is 0 Å². The van der Waals surface area contributed by atoms with Crippen molar-refractivity contribution in [2.24, 2.45) is 5.92 Å². The van der Waals surface area contributed by atoms with Gasteiger partial charge in [-0.3, -0.25) is 4.79 Å². The first-order chi connectivity index (χ1) is 12.8. The van der Waals surface area contributed by atoms with E-state index >= 15 is 0 Å². The molecule has 0 aromatic heterocycles. The van der Waals surface area contributed by atoms with Gasteiger partial charge in [0.05, 0.1) is 24.6 Å². The van der Waals surface area contributed by atoms with E-state index in [1.807, 2.05) is 19.9 Å². The van der Waals surface area contributed by atoms with E-state index in [2.05, 4.69) is 12.4 Å². The Hall–Kier alpha value is -1.59. The van der Waals surface area contributed by atoms with Gasteiger partial charge in [0.1, 0.15) is 0 Å². The number of aromatic hydroxyl groups is 1. The Morgan fingerprint density at radius 1 is 1.30 bits per heavy atom. The number of carbonyl (C=O) groups is 1. The summed E-state index contributed by atoms with van der Waals surface area (Å²) in [5.41, 5.74) is 0.0723. The molecular formula is C22H34NO4+. The predicted molar refractivity (Wildman–Crippen MR) is 104 cm³/mol. The Morgan fingerprint density at radius 3 is 2.52 bits per heavy atom. The molecule has 1 unspecified atom stereocenters. The van der Waals surface area contributed by atoms with Crippen LogP contribution in [0.5, 0.6) is 11.5 Å². The number of ketones is 1. The first-order valence-electron chi connectivity index (χ1n) is 10.4. The number of benzene rings is 1. The van der Waals surface area contributed by atoms with Gasteiger partial charge in [0.2, 0.25) is 0 Å². The van der Waals surface area contributed by atoms with Gasteiger partial charge in [-0.25, -0.2) is 0 Å². The molecule has 1 aromatic rings. The number of phenols is 1. The number of rotatable bonds is 4. The molecule has 0 radical (unpaired) electrons. The third kappa shape index (κ3) is 3.25. The molecule has 3 aliphatic rings. The molecule has 4 rings (SSSR count). The Morgan fingerprint density at radius 2 is 2.00 bits per heavy atom. The normalized spacial score (nSPS) is 31.4. The van der Waals surface area contributed by atoms with Gasteiger partial charge < -0.3 is 20.3 Å². The number of hydrogen-bond acceptors (Lipinski definition) is 4. The van der Waals surface area contributed by atoms with Gasteiger partial charge in [-0.2, -0.15) is 0 Å². The van der Waals surface area contributed by atoms with Gasteiger partial charge in [-0.15, -0.1) is 0 Å². The minimum absolute atomic E-state index is 0.0148. The quantitative estimate of drug-likeness (QED) is 0.751. The summed E-state index contributed by atoms with van der Waals surface area (Å²) in [6.45, 7) is 7.16. The fourth-order valence-corrected chi connectivity index (χ4v) is 4.91. The Bertz CT molecular complexity index is 711. The molecule has 0 saturated heterocycles. The molecule has 0 amide bonds. The summed E-state index contributed by atoms with van der Waals surface area (Å²) < 4.78 is 5.87. The van der Waals surface area contributed by atoms with E-state index < -0.39 is 17.1 Å². The Kier molecular flexibility index (Phi) is 5.55. The second kappa shape index (κ2) is 7.44. The molecule has 1 aliphatic heterocycles. The van der Waals surface area contributed by atoms with Crippen LogP contribution in [0, 0.1) is 5.92 Å². The van der Waals surface area contributed by atoms with E-state index in [0.29, 0.717) is 25.0 Å². The van der Waals surface area contributed by atoms with Crippen LogP contribution in [0.4, 0.5) is 0 Å². The van der Waals surface area contributed by atoms with Crippen molar-refractivity contribution in [3.8, 4) is 11.5 Å². The van der Waals surface area contributed by atoms with E-state index in [-0.39, 0.29) is 11.5 Å². The molecule has 4 N–H and O–H groups in total. The number of quaternary nitrogens is 1. The number of Topliss-reactive ketones (excluding diaryl/α,β-unsaturated/α-hetero) is 1. The summed E-state index contributed by atoms with van der Waals surface area (Å²) in [6, 6.07) is 3.48. The van der Waals surface area contributed by atoms with Gasteiger partial charge in [0, 0.05) is 17.9 Å². The molecule has 27 heavy (non-hydrogen) atoms. The van der Waals surface area contributed by atoms with Crippen molar-refractivity contribution < 1.29 is 25.1 Å². The van der Waals surface area contributed by atoms with Crippen molar-refractivity contribution in [2.75, 3.05) is 13.6 Å². The van der Waals surface area contributed by atoms with Crippen molar-refractivity contribution in [1.29, 1.82) is 0 Å². The van der Waals surface area contributed by atoms with E-state index in [0.717, 1.165) is 23.5 Å². The highest BCUT2D eigenvalue weighted by Gasteiger charge is 2.64. The maximum absolute atomic E-state index is 12.4. The molecule has 5 nitrogen and oxygen atoms in total. The summed E-state index contributed by atoms with van der Waals surface area (Å²) in [4.78, 5) is 12.4. The summed E-state index contributed by atoms with van der Waals surface area (Å²) >= 11 is 0. The smallest absolute Gasteiger partial charge is 0.174 e. The molecule has 1 heterocycles. The molecule has 0 bridgehead atoms. The average molecular weight is 377 g/mol. The van der Waals surface area contributed by atoms with Gasteiger partial charge in [0.25, 0.3) is 0 Å². The maximum atomic E-state index is 12.4. The van der Waals surface area contributed by atoms with E-state index in [1.54, 1.807) is 13.0 Å². The largest absolute Gasteiger partial charge is 0.504 e. The molecule has 1 aromatic carbocycles. The molecule has 2 saturated carbocycles. The summed E-state index contributed by atoms with van der Waals surface area (Å²) in [5.74, 6) is 1.54. The lowest BCUT2D eigenvalue weighted by Crippen LogP contribution is -2.80. The van der Waals surface area contributed by atoms with Crippen LogP contribution in [0.15, 0.2) is 12.1 Å². The zero-order valence-electron chi connectivity index (χ0n) is 17.0. The molecule has 3 atom stereocenters. The van der Waals surface area contributed by atoms with Crippen molar-refractivity contribution in [1.82, 2.24) is 0 Å². The topological polar surface area (TPSA) is 83.4 Å². The lowest BCUT2D eigenvalue weighted by Gasteiger charge is -2.48. The zero-order chi connectivity index (χ0) is 19.8. The van der Waals surface area contributed by atoms with Crippen LogP contribution in [0.3, 0.4) is 0 Å². The molecule has 2 fully saturated rings. The van der Waals surface area contributed by atoms with Gasteiger partial charge >= 0.3 is 0 Å². The predicted octanol–water partition coefficient (Wildman–Crippen LogP) is 2.07. The van der Waals surface area contributed by atoms with Crippen molar-refractivity contribution >= 4 is 5.78 Å². The first kappa shape index (κ1) is 20.2. The lowest BCUT2D eigenvalue weighted by molar-refractivity contribution is -0.629. The standard InChI is InChI=1S/C17H22O4.C5H11N/c1-4-10-6-7-11(18)14-13(10)17(5-2)15(21-14)12(19)8-9-16(17,3)20;1-6-4-5-2-3-5/h6-7,15,18,20H,4-5,8-9H2,1-3H3;5-6H,2-4H2,1H3/p+1/t15-,16?,17-;/m0./s1. The minimum Gasteiger partial charge on any atom is -0.504 e. The van der Waals surface area contributed by atoms with Crippen LogP contribution in [0.2, 0.25) is 0 Å². The Labute approximate surface area is 162 Å². The van der Waals surface area contributed by atoms with Gasteiger partial charge in [-0.05, 0) is 50.7 Å². The average Bonchev–Trinajstić information content (AvgIpc) is 3.38. The summed E-state index contributed by atoms with van der Waals surface area (Å²) in [7, 11) is 2.14. The number of hydrogen-bond donors (Lipinski definition) is 3. The lowest BCUT2D eigenvalue weighted by atomic mass is 9.57. The number of aryl methyl sites for hydroxylation is 1. The highest BCUT2D eigenvalue weighted by Crippen LogP contribution is 2.58. The molecule has 0 spiro atoms. The highest BCUT2D eigenvalue weighted by atomic mass is 16.5. The number of aliphatic hydroxyl groups is 1. The SMILES string of the molecule is CCc1ccc(O)c2c1[C@@]1(CC)[C@@H](O2)C(=O)CCC1(C)O.C[NH2+]CC1CC1. The summed E-state index contributed by atoms with van der Waals surface area (Å²) in [6.07, 6.45) is 4.40. The number of ether oxygens (including phenoxy) is 1. The third-order valence-corrected chi connectivity index (χ3v) is 6.67. The molecule has 150 valence electrons. The molecular weight excluding hydrogens is 342 g/mol. The molecule has 5 heteroatoms. The van der Waals surface area contributed by atoms with Crippen LogP contribution in [-0.4, -0.2) is 41.3 Å². The van der Waals surface area contributed by atoms with E-state index in [4.69, 9.17) is 4.74 Å². The van der Waals surface area contributed by atoms with Gasteiger partial charge in [-0.1, -0.05) is 19.9 Å². The second-order valence-electron chi connectivity index (χ2n) is 8.45. The van der Waals surface area contributed by atoms with Crippen molar-refractivity contribution in [3.05, 3.63) is 23.3 Å². The minimum atomic E-state index is -1.02. The number of phenolic OH excluding ortho intramolecular Hbond substituents is 1. The number of nitrogens with two attached hydrogens (primary N) is 1. The van der Waals surface area contributed by atoms with Crippen LogP contribution in [0.1, 0.15) is 64.0 Å². The fourth-order valence-electron chi connectivity index (χ4n) is 4.91. The van der Waals surface area contributed by atoms with Crippen LogP contribution < -0.4 is 10.1 Å². The van der Waals surface area contributed by atoms with Crippen LogP contribution in [-0.2, 0) is 16.6 Å². The van der Waals surface area contributed by atoms with E-state index in [9.17, 15) is 15.0 Å². The summed E-state index contributed by atoms with van der Waals surface area (Å²) in [5, 5.41) is 23.5. The number of carbonyl (C=O) groups excluding carboxylic acids is 1. The maximum Gasteiger partial charge on any atom is 0.174 e. The monoisotopic (exact) mass is 376 g/mol. The van der Waals surface area contributed by atoms with Crippen molar-refractivity contribution in [2.45, 2.75) is 76.4 Å². The third-order valence-electron chi connectivity index (χ3n) is 6.67. The van der Waals surface area contributed by atoms with Gasteiger partial charge in [0.15, 0.2) is 23.4 Å². The molecule has 2 aliphatic carbocycles. The first-order valence-corrected chi connectivity index (χ1v) is 10.4. The van der Waals surface area contributed by atoms with Crippen LogP contribution in [0.25, 0.3) is 0 Å². The zero-order valence-corrected chi connectivity index (χ0v) is 17.0. The van der Waals surface area contributed by atoms with Crippen molar-refractivity contribution in [3.63, 3.8) is 0 Å². The fraction of sp³-hybridized carbons (Fsp3) is 0.682.